The van der Waals surface area contributed by atoms with Crippen LogP contribution in [-0.2, 0) is 51.0 Å². The Balaban J connectivity index is 1.12. The van der Waals surface area contributed by atoms with Gasteiger partial charge in [0, 0.05) is 72.4 Å². The van der Waals surface area contributed by atoms with Crippen molar-refractivity contribution >= 4 is 40.0 Å². The van der Waals surface area contributed by atoms with Gasteiger partial charge < -0.3 is 33.6 Å². The average Bonchev–Trinajstić information content (AvgIpc) is 4.18. The number of methoxy groups -OCH3 is 1. The second kappa shape index (κ2) is 18.4. The van der Waals surface area contributed by atoms with Crippen LogP contribution in [0.25, 0.3) is 33.4 Å². The Labute approximate surface area is 384 Å². The van der Waals surface area contributed by atoms with Gasteiger partial charge in [0.1, 0.15) is 22.7 Å². The van der Waals surface area contributed by atoms with Crippen molar-refractivity contribution in [2.45, 2.75) is 121 Å². The van der Waals surface area contributed by atoms with Crippen LogP contribution in [-0.4, -0.2) is 126 Å². The second-order valence-corrected chi connectivity index (χ2v) is 20.6. The van der Waals surface area contributed by atoms with E-state index in [2.05, 4.69) is 63.7 Å². The minimum Gasteiger partial charge on any atom is -0.464 e. The highest BCUT2D eigenvalue weighted by Crippen LogP contribution is 2.49. The third-order valence-electron chi connectivity index (χ3n) is 14.6. The third kappa shape index (κ3) is 8.76. The molecule has 65 heavy (non-hydrogen) atoms. The van der Waals surface area contributed by atoms with Crippen LogP contribution in [0.4, 0.5) is 0 Å². The molecule has 2 N–H and O–H groups in total. The minimum absolute atomic E-state index is 0.144. The normalized spacial score (nSPS) is 27.9. The molecule has 1 aromatic carbocycles. The van der Waals surface area contributed by atoms with Gasteiger partial charge in [-0.2, -0.15) is 0 Å². The fourth-order valence-corrected chi connectivity index (χ4v) is 12.0. The standard InChI is InChI=1S/C49H63N7O8S/c1-30(60-4)40-34(9-7-15-50-40)42-36-26-48(2,3)29-63-46(58)37-10-8-18-56(53-37)45(57)41(52-47(59)49-24-31(25-49)27-64-49)43(54-16-5-6-17-54)44-51-38(28-65-44)32-11-12-39(35(36)23-32)55(42)19-22-62-33-13-20-61-21-14-33/h7,9,11-12,15,23,28,30-31,33,37,41,43,53H,5-6,8,10,13-14,16-22,24-27,29H2,1-4H3,(H,52,59)/t30-,31?,37-,41-,43-,49?/m0/s1. The Morgan fingerprint density at radius 1 is 1.08 bits per heavy atom. The van der Waals surface area contributed by atoms with Gasteiger partial charge in [0.15, 0.2) is 0 Å². The van der Waals surface area contributed by atoms with Crippen LogP contribution in [0.1, 0.15) is 101 Å². The number of pyridine rings is 1. The number of carbonyl (C=O) groups excluding carboxylic acids is 3. The Morgan fingerprint density at radius 2 is 1.89 bits per heavy atom. The van der Waals surface area contributed by atoms with E-state index >= 15 is 4.79 Å². The number of esters is 1. The molecule has 1 saturated carbocycles. The first-order valence-electron chi connectivity index (χ1n) is 23.7. The zero-order valence-corrected chi connectivity index (χ0v) is 39.0. The van der Waals surface area contributed by atoms with Gasteiger partial charge in [0.25, 0.3) is 11.8 Å². The van der Waals surface area contributed by atoms with E-state index in [4.69, 9.17) is 33.7 Å². The van der Waals surface area contributed by atoms with Crippen molar-refractivity contribution in [1.82, 2.24) is 35.2 Å². The number of amides is 2. The predicted octanol–water partition coefficient (Wildman–Crippen LogP) is 6.15. The van der Waals surface area contributed by atoms with Gasteiger partial charge in [-0.1, -0.05) is 19.9 Å². The van der Waals surface area contributed by atoms with Crippen LogP contribution in [0.5, 0.6) is 0 Å². The highest BCUT2D eigenvalue weighted by atomic mass is 32.1. The lowest BCUT2D eigenvalue weighted by atomic mass is 9.74. The predicted molar refractivity (Wildman–Crippen MR) is 245 cm³/mol. The van der Waals surface area contributed by atoms with Crippen LogP contribution < -0.4 is 10.7 Å². The highest BCUT2D eigenvalue weighted by molar-refractivity contribution is 7.10. The summed E-state index contributed by atoms with van der Waals surface area (Å²) in [5, 5.41) is 8.68. The maximum Gasteiger partial charge on any atom is 0.324 e. The number of hydrogen-bond acceptors (Lipinski definition) is 13. The number of hydrazine groups is 1. The Hall–Kier alpha value is -4.29. The smallest absolute Gasteiger partial charge is 0.324 e. The molecule has 6 fully saturated rings. The molecular formula is C49H63N7O8S. The number of likely N-dealkylation sites (tertiary alicyclic amines) is 1. The molecule has 4 aromatic rings. The van der Waals surface area contributed by atoms with Crippen LogP contribution in [0.3, 0.4) is 0 Å². The SMILES string of the molecule is CO[C@@H](C)c1ncccc1-c1c2c3cc(ccc3n1CCOC1CCOCC1)-c1csc(n1)[C@@H](N1CCCC1)[C@H](NC(=O)C13CC(CO1)C3)C(=O)N1CCC[C@H](N1)C(=O)OCC(C)(C)C2. The summed E-state index contributed by atoms with van der Waals surface area (Å²) in [4.78, 5) is 55.9. The number of ether oxygens (including phenoxy) is 5. The van der Waals surface area contributed by atoms with E-state index in [9.17, 15) is 9.59 Å². The van der Waals surface area contributed by atoms with Gasteiger partial charge in [0.2, 0.25) is 0 Å². The fourth-order valence-electron chi connectivity index (χ4n) is 11.0. The maximum absolute atomic E-state index is 15.0. The van der Waals surface area contributed by atoms with Gasteiger partial charge in [-0.15, -0.1) is 11.3 Å². The van der Waals surface area contributed by atoms with E-state index in [1.807, 2.05) is 19.2 Å². The second-order valence-electron chi connectivity index (χ2n) is 19.8. The van der Waals surface area contributed by atoms with Crippen LogP contribution >= 0.6 is 11.3 Å². The molecule has 9 heterocycles. The number of thiazole rings is 1. The average molecular weight is 910 g/mol. The molecule has 2 amide bonds. The molecule has 348 valence electrons. The molecule has 1 aliphatic carbocycles. The van der Waals surface area contributed by atoms with Crippen molar-refractivity contribution in [3.8, 4) is 22.5 Å². The first-order valence-corrected chi connectivity index (χ1v) is 24.6. The molecule has 16 heteroatoms. The molecule has 8 bridgehead atoms. The summed E-state index contributed by atoms with van der Waals surface area (Å²) in [6, 6.07) is 8.41. The number of rotatable bonds is 10. The molecular weight excluding hydrogens is 847 g/mol. The lowest BCUT2D eigenvalue weighted by Crippen LogP contribution is -2.64. The van der Waals surface area contributed by atoms with Crippen LogP contribution in [0, 0.1) is 11.3 Å². The van der Waals surface area contributed by atoms with Gasteiger partial charge >= 0.3 is 5.97 Å². The Bertz CT molecular complexity index is 2390. The van der Waals surface area contributed by atoms with Crippen molar-refractivity contribution < 1.29 is 38.1 Å². The number of cyclic esters (lactones) is 1. The number of nitrogens with one attached hydrogen (secondary N) is 2. The zero-order valence-electron chi connectivity index (χ0n) is 38.1. The molecule has 6 aliphatic heterocycles. The number of carbonyl (C=O) groups is 3. The number of hydrogen-bond donors (Lipinski definition) is 2. The summed E-state index contributed by atoms with van der Waals surface area (Å²) in [6.07, 6.45) is 8.40. The first-order chi connectivity index (χ1) is 31.5. The Kier molecular flexibility index (Phi) is 12.6. The van der Waals surface area contributed by atoms with Crippen molar-refractivity contribution in [1.29, 1.82) is 0 Å². The molecule has 4 atom stereocenters. The quantitative estimate of drug-likeness (QED) is 0.175. The van der Waals surface area contributed by atoms with E-state index < -0.39 is 35.1 Å². The van der Waals surface area contributed by atoms with E-state index in [1.165, 1.54) is 16.3 Å². The van der Waals surface area contributed by atoms with E-state index in [1.54, 1.807) is 7.11 Å². The monoisotopic (exact) mass is 909 g/mol. The summed E-state index contributed by atoms with van der Waals surface area (Å²) < 4.78 is 32.7. The number of benzene rings is 1. The number of aromatic nitrogens is 3. The van der Waals surface area contributed by atoms with E-state index in [-0.39, 0.29) is 30.6 Å². The van der Waals surface area contributed by atoms with Gasteiger partial charge in [0.05, 0.1) is 55.2 Å². The van der Waals surface area contributed by atoms with Crippen LogP contribution in [0.15, 0.2) is 41.9 Å². The lowest BCUT2D eigenvalue weighted by Gasteiger charge is -2.41. The van der Waals surface area contributed by atoms with E-state index in [0.717, 1.165) is 88.5 Å². The largest absolute Gasteiger partial charge is 0.464 e. The highest BCUT2D eigenvalue weighted by Gasteiger charge is 2.58. The molecule has 15 nitrogen and oxygen atoms in total. The molecule has 7 aliphatic rings. The van der Waals surface area contributed by atoms with Crippen LogP contribution in [0.2, 0.25) is 0 Å². The van der Waals surface area contributed by atoms with Gasteiger partial charge in [-0.3, -0.25) is 29.3 Å². The summed E-state index contributed by atoms with van der Waals surface area (Å²) in [5.74, 6) is -0.587. The third-order valence-corrected chi connectivity index (χ3v) is 15.5. The molecule has 0 unspecified atom stereocenters. The number of fused-ring (bicyclic) bond motifs is 7. The first kappa shape index (κ1) is 44.5. The molecule has 11 rings (SSSR count). The Morgan fingerprint density at radius 3 is 2.66 bits per heavy atom. The van der Waals surface area contributed by atoms with Crippen molar-refractivity contribution in [3.05, 3.63) is 58.2 Å². The number of nitrogens with zero attached hydrogens (tertiary/aromatic N) is 5. The molecule has 0 spiro atoms. The summed E-state index contributed by atoms with van der Waals surface area (Å²) in [6.45, 7) is 11.4. The zero-order chi connectivity index (χ0) is 44.9. The lowest BCUT2D eigenvalue weighted by molar-refractivity contribution is -0.157. The van der Waals surface area contributed by atoms with Gasteiger partial charge in [-0.25, -0.2) is 10.4 Å². The summed E-state index contributed by atoms with van der Waals surface area (Å²) >= 11 is 1.52. The minimum atomic E-state index is -0.977. The molecule has 5 saturated heterocycles. The summed E-state index contributed by atoms with van der Waals surface area (Å²) in [5.41, 5.74) is 8.58. The van der Waals surface area contributed by atoms with Gasteiger partial charge in [-0.05, 0) is 114 Å². The van der Waals surface area contributed by atoms with Crippen molar-refractivity contribution in [3.63, 3.8) is 0 Å². The topological polar surface area (TPSA) is 159 Å². The summed E-state index contributed by atoms with van der Waals surface area (Å²) in [7, 11) is 1.71. The molecule has 3 aromatic heterocycles. The van der Waals surface area contributed by atoms with Crippen molar-refractivity contribution in [2.75, 3.05) is 59.8 Å². The van der Waals surface area contributed by atoms with Crippen molar-refractivity contribution in [2.24, 2.45) is 11.3 Å². The fraction of sp³-hybridized carbons (Fsp3) is 0.612. The van der Waals surface area contributed by atoms with E-state index in [0.29, 0.717) is 77.5 Å². The molecule has 0 radical (unpaired) electrons. The maximum atomic E-state index is 15.0.